The average Bonchev–Trinajstić information content (AvgIpc) is 2.79. The highest BCUT2D eigenvalue weighted by atomic mass is 16.5. The first kappa shape index (κ1) is 24.3. The molecule has 0 aliphatic carbocycles. The highest BCUT2D eigenvalue weighted by Crippen LogP contribution is 2.20. The molecular formula is C26H41N3O. The molecule has 0 fully saturated rings. The molecule has 166 valence electrons. The van der Waals surface area contributed by atoms with Gasteiger partial charge in [0.05, 0.1) is 12.8 Å². The summed E-state index contributed by atoms with van der Waals surface area (Å²) < 4.78 is 5.88. The Hall–Kier alpha value is -1.97. The molecular weight excluding hydrogens is 370 g/mol. The Morgan fingerprint density at radius 1 is 0.833 bits per heavy atom. The third kappa shape index (κ3) is 9.69. The molecule has 1 aromatic heterocycles. The maximum Gasteiger partial charge on any atom is 0.150 e. The minimum atomic E-state index is 0.786. The summed E-state index contributed by atoms with van der Waals surface area (Å²) in [4.78, 5) is 4.50. The molecule has 1 atom stereocenters. The third-order valence-corrected chi connectivity index (χ3v) is 5.82. The predicted molar refractivity (Wildman–Crippen MR) is 126 cm³/mol. The van der Waals surface area contributed by atoms with Gasteiger partial charge in [0.15, 0.2) is 5.82 Å². The Bertz CT molecular complexity index is 670. The minimum Gasteiger partial charge on any atom is -0.494 e. The second-order valence-corrected chi connectivity index (χ2v) is 8.51. The first-order valence-electron chi connectivity index (χ1n) is 12.1. The van der Waals surface area contributed by atoms with Gasteiger partial charge >= 0.3 is 0 Å². The monoisotopic (exact) mass is 411 g/mol. The van der Waals surface area contributed by atoms with Gasteiger partial charge in [-0.25, -0.2) is 4.98 Å². The van der Waals surface area contributed by atoms with Gasteiger partial charge in [-0.05, 0) is 43.0 Å². The molecule has 0 amide bonds. The van der Waals surface area contributed by atoms with Gasteiger partial charge in [-0.1, -0.05) is 78.6 Å². The summed E-state index contributed by atoms with van der Waals surface area (Å²) in [5.41, 5.74) is 1.85. The lowest BCUT2D eigenvalue weighted by Crippen LogP contribution is -2.00. The molecule has 0 radical (unpaired) electrons. The summed E-state index contributed by atoms with van der Waals surface area (Å²) in [6.45, 7) is 7.64. The van der Waals surface area contributed by atoms with Crippen molar-refractivity contribution in [2.75, 3.05) is 6.61 Å². The summed E-state index contributed by atoms with van der Waals surface area (Å²) in [6, 6.07) is 8.11. The highest BCUT2D eigenvalue weighted by molar-refractivity contribution is 5.58. The molecule has 0 saturated carbocycles. The van der Waals surface area contributed by atoms with E-state index in [-0.39, 0.29) is 0 Å². The Kier molecular flexibility index (Phi) is 12.1. The highest BCUT2D eigenvalue weighted by Gasteiger charge is 2.04. The molecule has 1 heterocycles. The predicted octanol–water partition coefficient (Wildman–Crippen LogP) is 7.43. The molecule has 2 rings (SSSR count). The van der Waals surface area contributed by atoms with E-state index in [1.165, 1.54) is 57.8 Å². The first-order chi connectivity index (χ1) is 14.7. The number of benzene rings is 1. The van der Waals surface area contributed by atoms with Crippen LogP contribution in [0, 0.1) is 5.92 Å². The van der Waals surface area contributed by atoms with Gasteiger partial charge in [0, 0.05) is 12.0 Å². The zero-order chi connectivity index (χ0) is 21.4. The molecule has 0 bridgehead atoms. The summed E-state index contributed by atoms with van der Waals surface area (Å²) in [6.07, 6.45) is 16.7. The quantitative estimate of drug-likeness (QED) is 0.269. The van der Waals surface area contributed by atoms with Gasteiger partial charge in [-0.2, -0.15) is 0 Å². The van der Waals surface area contributed by atoms with Gasteiger partial charge in [-0.15, -0.1) is 10.2 Å². The van der Waals surface area contributed by atoms with Crippen LogP contribution in [-0.2, 0) is 6.42 Å². The van der Waals surface area contributed by atoms with Gasteiger partial charge in [0.25, 0.3) is 0 Å². The number of hydrogen-bond acceptors (Lipinski definition) is 4. The topological polar surface area (TPSA) is 47.9 Å². The van der Waals surface area contributed by atoms with Crippen molar-refractivity contribution in [2.24, 2.45) is 5.92 Å². The Balaban J connectivity index is 1.67. The van der Waals surface area contributed by atoms with Gasteiger partial charge in [0.1, 0.15) is 11.4 Å². The van der Waals surface area contributed by atoms with Crippen LogP contribution in [0.1, 0.15) is 97.2 Å². The smallest absolute Gasteiger partial charge is 0.150 e. The van der Waals surface area contributed by atoms with Crippen LogP contribution in [0.5, 0.6) is 5.75 Å². The van der Waals surface area contributed by atoms with E-state index in [9.17, 15) is 0 Å². The second-order valence-electron chi connectivity index (χ2n) is 8.51. The number of rotatable bonds is 16. The summed E-state index contributed by atoms with van der Waals surface area (Å²) in [7, 11) is 0. The zero-order valence-corrected chi connectivity index (χ0v) is 19.4. The van der Waals surface area contributed by atoms with E-state index in [2.05, 4.69) is 36.0 Å². The molecule has 2 aromatic rings. The van der Waals surface area contributed by atoms with E-state index in [0.29, 0.717) is 0 Å². The van der Waals surface area contributed by atoms with Gasteiger partial charge in [-0.3, -0.25) is 0 Å². The average molecular weight is 412 g/mol. The maximum absolute atomic E-state index is 5.88. The summed E-state index contributed by atoms with van der Waals surface area (Å²) in [5, 5.41) is 8.69. The molecule has 0 aliphatic rings. The molecule has 0 N–H and O–H groups in total. The van der Waals surface area contributed by atoms with E-state index < -0.39 is 0 Å². The largest absolute Gasteiger partial charge is 0.494 e. The van der Waals surface area contributed by atoms with Crippen LogP contribution in [0.4, 0.5) is 0 Å². The molecule has 0 spiro atoms. The van der Waals surface area contributed by atoms with Crippen LogP contribution in [0.15, 0.2) is 30.5 Å². The van der Waals surface area contributed by atoms with Crippen molar-refractivity contribution in [1.82, 2.24) is 15.2 Å². The van der Waals surface area contributed by atoms with E-state index in [4.69, 9.17) is 4.74 Å². The van der Waals surface area contributed by atoms with E-state index in [0.717, 1.165) is 54.6 Å². The fraction of sp³-hybridized carbons (Fsp3) is 0.654. The summed E-state index contributed by atoms with van der Waals surface area (Å²) in [5.74, 6) is 2.62. The van der Waals surface area contributed by atoms with Crippen molar-refractivity contribution < 1.29 is 4.74 Å². The van der Waals surface area contributed by atoms with Crippen molar-refractivity contribution in [3.05, 3.63) is 36.3 Å². The van der Waals surface area contributed by atoms with E-state index in [1.54, 1.807) is 0 Å². The van der Waals surface area contributed by atoms with E-state index >= 15 is 0 Å². The molecule has 0 saturated heterocycles. The fourth-order valence-electron chi connectivity index (χ4n) is 3.50. The Labute approximate surface area is 183 Å². The molecule has 4 nitrogen and oxygen atoms in total. The molecule has 1 aromatic carbocycles. The Morgan fingerprint density at radius 3 is 2.27 bits per heavy atom. The zero-order valence-electron chi connectivity index (χ0n) is 19.4. The lowest BCUT2D eigenvalue weighted by Gasteiger charge is -2.09. The first-order valence-corrected chi connectivity index (χ1v) is 12.1. The minimum absolute atomic E-state index is 0.786. The molecule has 0 aliphatic heterocycles. The van der Waals surface area contributed by atoms with Crippen molar-refractivity contribution in [3.63, 3.8) is 0 Å². The third-order valence-electron chi connectivity index (χ3n) is 5.82. The number of nitrogens with zero attached hydrogens (tertiary/aromatic N) is 3. The normalized spacial score (nSPS) is 12.1. The van der Waals surface area contributed by atoms with Crippen molar-refractivity contribution in [2.45, 2.75) is 97.8 Å². The number of ether oxygens (including phenoxy) is 1. The summed E-state index contributed by atoms with van der Waals surface area (Å²) >= 11 is 0. The number of aryl methyl sites for hydroxylation is 1. The van der Waals surface area contributed by atoms with Gasteiger partial charge < -0.3 is 4.74 Å². The van der Waals surface area contributed by atoms with Crippen LogP contribution in [0.25, 0.3) is 11.3 Å². The molecule has 30 heavy (non-hydrogen) atoms. The van der Waals surface area contributed by atoms with Gasteiger partial charge in [0.2, 0.25) is 0 Å². The van der Waals surface area contributed by atoms with E-state index in [1.807, 2.05) is 30.5 Å². The lowest BCUT2D eigenvalue weighted by atomic mass is 10.0. The van der Waals surface area contributed by atoms with Crippen LogP contribution < -0.4 is 4.74 Å². The fourth-order valence-corrected chi connectivity index (χ4v) is 3.50. The second kappa shape index (κ2) is 14.9. The number of hydrogen-bond donors (Lipinski definition) is 0. The number of unbranched alkanes of at least 4 members (excludes halogenated alkanes) is 7. The maximum atomic E-state index is 5.88. The molecule has 1 unspecified atom stereocenters. The number of aromatic nitrogens is 3. The van der Waals surface area contributed by atoms with Crippen LogP contribution in [0.2, 0.25) is 0 Å². The van der Waals surface area contributed by atoms with Crippen molar-refractivity contribution >= 4 is 0 Å². The van der Waals surface area contributed by atoms with Crippen LogP contribution >= 0.6 is 0 Å². The standard InChI is InChI=1S/C26H41N3O/c1-4-6-7-8-9-12-15-26-27-21-25(28-29-26)23-16-18-24(19-17-23)30-20-13-10-11-14-22(3)5-2/h16-19,21-22H,4-15,20H2,1-3H3. The van der Waals surface area contributed by atoms with Crippen LogP contribution in [-0.4, -0.2) is 21.8 Å². The van der Waals surface area contributed by atoms with Crippen molar-refractivity contribution in [3.8, 4) is 17.0 Å². The SMILES string of the molecule is CCCCCCCCc1ncc(-c2ccc(OCCCCCC(C)CC)cc2)nn1. The van der Waals surface area contributed by atoms with Crippen LogP contribution in [0.3, 0.4) is 0 Å². The Morgan fingerprint density at radius 2 is 1.57 bits per heavy atom. The molecule has 4 heteroatoms. The lowest BCUT2D eigenvalue weighted by molar-refractivity contribution is 0.302. The van der Waals surface area contributed by atoms with Crippen molar-refractivity contribution in [1.29, 1.82) is 0 Å².